The number of nitrogens with one attached hydrogen (secondary N) is 2. The number of hydrogen-bond acceptors (Lipinski definition) is 2. The van der Waals surface area contributed by atoms with E-state index in [4.69, 9.17) is 0 Å². The van der Waals surface area contributed by atoms with E-state index in [0.29, 0.717) is 12.6 Å². The Kier molecular flexibility index (Phi) is 5.98. The first-order valence-electron chi connectivity index (χ1n) is 6.27. The monoisotopic (exact) mass is 326 g/mol. The molecule has 1 aliphatic rings. The van der Waals surface area contributed by atoms with Gasteiger partial charge in [-0.2, -0.15) is 13.2 Å². The maximum atomic E-state index is 13.8. The van der Waals surface area contributed by atoms with Crippen LogP contribution in [0.1, 0.15) is 28.8 Å². The Morgan fingerprint density at radius 2 is 2.05 bits per heavy atom. The molecule has 1 atom stereocenters. The molecule has 2 rings (SSSR count). The molecular formula is C13H15ClF4N2O. The molecule has 1 aromatic rings. The van der Waals surface area contributed by atoms with E-state index in [2.05, 4.69) is 10.6 Å². The SMILES string of the molecule is Cl.O=C(N[C@H]1CCCNC1)c1cccc(C(F)(F)F)c1F. The molecule has 0 spiro atoms. The van der Waals surface area contributed by atoms with Crippen LogP contribution in [-0.4, -0.2) is 25.0 Å². The molecule has 8 heteroatoms. The van der Waals surface area contributed by atoms with Crippen molar-refractivity contribution in [2.24, 2.45) is 0 Å². The maximum absolute atomic E-state index is 13.8. The summed E-state index contributed by atoms with van der Waals surface area (Å²) in [5, 5.41) is 5.60. The predicted molar refractivity (Wildman–Crippen MR) is 72.0 cm³/mol. The van der Waals surface area contributed by atoms with Crippen LogP contribution in [0.3, 0.4) is 0 Å². The second-order valence-electron chi connectivity index (χ2n) is 4.68. The van der Waals surface area contributed by atoms with E-state index >= 15 is 0 Å². The molecule has 1 aliphatic heterocycles. The number of alkyl halides is 3. The van der Waals surface area contributed by atoms with Crippen LogP contribution >= 0.6 is 12.4 Å². The Labute approximate surface area is 125 Å². The van der Waals surface area contributed by atoms with Gasteiger partial charge in [-0.3, -0.25) is 4.79 Å². The van der Waals surface area contributed by atoms with Crippen LogP contribution in [0, 0.1) is 5.82 Å². The highest BCUT2D eigenvalue weighted by Crippen LogP contribution is 2.32. The minimum Gasteiger partial charge on any atom is -0.348 e. The zero-order valence-corrected chi connectivity index (χ0v) is 11.8. The topological polar surface area (TPSA) is 41.1 Å². The van der Waals surface area contributed by atoms with Gasteiger partial charge in [0.15, 0.2) is 0 Å². The van der Waals surface area contributed by atoms with Crippen LogP contribution < -0.4 is 10.6 Å². The highest BCUT2D eigenvalue weighted by Gasteiger charge is 2.35. The van der Waals surface area contributed by atoms with Gasteiger partial charge < -0.3 is 10.6 Å². The van der Waals surface area contributed by atoms with Crippen LogP contribution in [-0.2, 0) is 6.18 Å². The summed E-state index contributed by atoms with van der Waals surface area (Å²) in [5.41, 5.74) is -2.00. The summed E-state index contributed by atoms with van der Waals surface area (Å²) in [6.07, 6.45) is -3.23. The van der Waals surface area contributed by atoms with Crippen molar-refractivity contribution >= 4 is 18.3 Å². The van der Waals surface area contributed by atoms with Crippen LogP contribution in [0.4, 0.5) is 17.6 Å². The van der Waals surface area contributed by atoms with E-state index in [1.807, 2.05) is 0 Å². The molecule has 1 aromatic carbocycles. The third-order valence-corrected chi connectivity index (χ3v) is 3.18. The largest absolute Gasteiger partial charge is 0.419 e. The zero-order chi connectivity index (χ0) is 14.8. The third kappa shape index (κ3) is 4.31. The van der Waals surface area contributed by atoms with E-state index in [1.54, 1.807) is 0 Å². The van der Waals surface area contributed by atoms with E-state index in [1.165, 1.54) is 0 Å². The highest BCUT2D eigenvalue weighted by molar-refractivity contribution is 5.94. The van der Waals surface area contributed by atoms with Gasteiger partial charge in [-0.25, -0.2) is 4.39 Å². The molecule has 0 saturated carbocycles. The predicted octanol–water partition coefficient (Wildman–Crippen LogP) is 2.75. The lowest BCUT2D eigenvalue weighted by Gasteiger charge is -2.24. The van der Waals surface area contributed by atoms with E-state index < -0.39 is 29.0 Å². The molecule has 0 aliphatic carbocycles. The first-order valence-corrected chi connectivity index (χ1v) is 6.27. The number of rotatable bonds is 2. The number of carbonyl (C=O) groups is 1. The molecule has 0 bridgehead atoms. The number of carbonyl (C=O) groups excluding carboxylic acids is 1. The van der Waals surface area contributed by atoms with Gasteiger partial charge in [0.25, 0.3) is 5.91 Å². The zero-order valence-electron chi connectivity index (χ0n) is 11.0. The minimum atomic E-state index is -4.81. The standard InChI is InChI=1S/C13H14F4N2O.ClH/c14-11-9(4-1-5-10(11)13(15,16)17)12(20)19-8-3-2-6-18-7-8;/h1,4-5,8,18H,2-3,6-7H2,(H,19,20);1H/t8-;/m0./s1. The lowest BCUT2D eigenvalue weighted by atomic mass is 10.1. The Morgan fingerprint density at radius 1 is 1.33 bits per heavy atom. The van der Waals surface area contributed by atoms with Crippen molar-refractivity contribution < 1.29 is 22.4 Å². The van der Waals surface area contributed by atoms with Gasteiger partial charge in [0.2, 0.25) is 0 Å². The van der Waals surface area contributed by atoms with Crippen molar-refractivity contribution in [3.63, 3.8) is 0 Å². The molecule has 0 radical (unpaired) electrons. The second kappa shape index (κ2) is 7.09. The van der Waals surface area contributed by atoms with Crippen LogP contribution in [0.15, 0.2) is 18.2 Å². The maximum Gasteiger partial charge on any atom is 0.419 e. The Morgan fingerprint density at radius 3 is 2.62 bits per heavy atom. The minimum absolute atomic E-state index is 0. The Bertz CT molecular complexity index is 501. The second-order valence-corrected chi connectivity index (χ2v) is 4.68. The van der Waals surface area contributed by atoms with Gasteiger partial charge in [0.05, 0.1) is 11.1 Å². The quantitative estimate of drug-likeness (QED) is 0.821. The first-order chi connectivity index (χ1) is 9.39. The summed E-state index contributed by atoms with van der Waals surface area (Å²) in [5.74, 6) is -2.34. The van der Waals surface area contributed by atoms with E-state index in [0.717, 1.165) is 31.5 Å². The fourth-order valence-corrected chi connectivity index (χ4v) is 2.16. The molecule has 118 valence electrons. The van der Waals surface area contributed by atoms with E-state index in [9.17, 15) is 22.4 Å². The van der Waals surface area contributed by atoms with Gasteiger partial charge in [0.1, 0.15) is 5.82 Å². The average molecular weight is 327 g/mol. The molecule has 21 heavy (non-hydrogen) atoms. The summed E-state index contributed by atoms with van der Waals surface area (Å²) in [6.45, 7) is 1.37. The van der Waals surface area contributed by atoms with Gasteiger partial charge in [-0.1, -0.05) is 6.07 Å². The summed E-state index contributed by atoms with van der Waals surface area (Å²) in [4.78, 5) is 11.9. The summed E-state index contributed by atoms with van der Waals surface area (Å²) >= 11 is 0. The van der Waals surface area contributed by atoms with Crippen LogP contribution in [0.5, 0.6) is 0 Å². The third-order valence-electron chi connectivity index (χ3n) is 3.18. The van der Waals surface area contributed by atoms with Crippen molar-refractivity contribution in [3.05, 3.63) is 35.1 Å². The summed E-state index contributed by atoms with van der Waals surface area (Å²) in [7, 11) is 0. The van der Waals surface area contributed by atoms with Crippen molar-refractivity contribution in [1.82, 2.24) is 10.6 Å². The lowest BCUT2D eigenvalue weighted by Crippen LogP contribution is -2.45. The fraction of sp³-hybridized carbons (Fsp3) is 0.462. The molecular weight excluding hydrogens is 312 g/mol. The van der Waals surface area contributed by atoms with Gasteiger partial charge in [0, 0.05) is 12.6 Å². The molecule has 3 nitrogen and oxygen atoms in total. The van der Waals surface area contributed by atoms with Gasteiger partial charge in [-0.15, -0.1) is 12.4 Å². The molecule has 1 amide bonds. The molecule has 1 fully saturated rings. The average Bonchev–Trinajstić information content (AvgIpc) is 2.38. The molecule has 1 heterocycles. The molecule has 2 N–H and O–H groups in total. The summed E-state index contributed by atoms with van der Waals surface area (Å²) < 4.78 is 51.5. The van der Waals surface area contributed by atoms with Gasteiger partial charge in [-0.05, 0) is 31.5 Å². The Balaban J connectivity index is 0.00000220. The number of piperidine rings is 1. The van der Waals surface area contributed by atoms with Crippen LogP contribution in [0.2, 0.25) is 0 Å². The molecule has 0 unspecified atom stereocenters. The molecule has 0 aromatic heterocycles. The number of benzene rings is 1. The van der Waals surface area contributed by atoms with Crippen LogP contribution in [0.25, 0.3) is 0 Å². The van der Waals surface area contributed by atoms with Gasteiger partial charge >= 0.3 is 6.18 Å². The fourth-order valence-electron chi connectivity index (χ4n) is 2.16. The number of hydrogen-bond donors (Lipinski definition) is 2. The normalized spacial score (nSPS) is 18.8. The van der Waals surface area contributed by atoms with Crippen molar-refractivity contribution in [3.8, 4) is 0 Å². The molecule has 1 saturated heterocycles. The van der Waals surface area contributed by atoms with Crippen molar-refractivity contribution in [1.29, 1.82) is 0 Å². The number of amides is 1. The van der Waals surface area contributed by atoms with Crippen molar-refractivity contribution in [2.45, 2.75) is 25.1 Å². The summed E-state index contributed by atoms with van der Waals surface area (Å²) in [6, 6.07) is 2.51. The highest BCUT2D eigenvalue weighted by atomic mass is 35.5. The van der Waals surface area contributed by atoms with E-state index in [-0.39, 0.29) is 18.4 Å². The Hall–Kier alpha value is -1.34. The number of halogens is 5. The first kappa shape index (κ1) is 17.7. The lowest BCUT2D eigenvalue weighted by molar-refractivity contribution is -0.140. The van der Waals surface area contributed by atoms with Crippen molar-refractivity contribution in [2.75, 3.05) is 13.1 Å². The smallest absolute Gasteiger partial charge is 0.348 e.